The quantitative estimate of drug-likeness (QED) is 0.0953. The monoisotopic (exact) mass is 606 g/mol. The number of carbonyl (C=O) groups excluding carboxylic acids is 1. The summed E-state index contributed by atoms with van der Waals surface area (Å²) in [6.45, 7) is 6.37. The third-order valence-corrected chi connectivity index (χ3v) is 6.20. The van der Waals surface area contributed by atoms with E-state index in [0.29, 0.717) is 11.7 Å². The molecule has 0 spiro atoms. The second kappa shape index (κ2) is 12.9. The number of hydrogen-bond donors (Lipinski definition) is 1. The predicted octanol–water partition coefficient (Wildman–Crippen LogP) is 6.79. The number of aromatic nitrogens is 1. The molecule has 0 aliphatic heterocycles. The van der Waals surface area contributed by atoms with Gasteiger partial charge in [0, 0.05) is 10.9 Å². The van der Waals surface area contributed by atoms with Crippen molar-refractivity contribution in [2.45, 2.75) is 45.8 Å². The lowest BCUT2D eigenvalue weighted by molar-refractivity contribution is 0.0357. The van der Waals surface area contributed by atoms with Crippen molar-refractivity contribution >= 4 is 51.1 Å². The van der Waals surface area contributed by atoms with Crippen molar-refractivity contribution in [3.8, 4) is 17.0 Å². The van der Waals surface area contributed by atoms with Gasteiger partial charge in [0.1, 0.15) is 11.4 Å². The summed E-state index contributed by atoms with van der Waals surface area (Å²) >= 11 is 3.73. The van der Waals surface area contributed by atoms with Crippen molar-refractivity contribution < 1.29 is 14.3 Å². The molecule has 0 atom stereocenters. The maximum atomic E-state index is 12.9. The molecule has 0 bridgehead atoms. The van der Waals surface area contributed by atoms with Crippen molar-refractivity contribution in [2.75, 3.05) is 11.0 Å². The van der Waals surface area contributed by atoms with Crippen molar-refractivity contribution in [1.82, 2.24) is 9.88 Å². The maximum absolute atomic E-state index is 12.9. The van der Waals surface area contributed by atoms with Crippen molar-refractivity contribution in [3.05, 3.63) is 65.5 Å². The fourth-order valence-corrected chi connectivity index (χ4v) is 4.30. The molecule has 7 nitrogen and oxygen atoms in total. The zero-order valence-electron chi connectivity index (χ0n) is 20.2. The predicted molar refractivity (Wildman–Crippen MR) is 151 cm³/mol. The SMILES string of the molecule is CC(C)(C)OC(=O)N(Cc1ccccc1)C(N)=Nc1nc(-c2cccc(OCCCCI)c2)cs1. The van der Waals surface area contributed by atoms with Gasteiger partial charge in [-0.05, 0) is 55.7 Å². The highest BCUT2D eigenvalue weighted by atomic mass is 127. The van der Waals surface area contributed by atoms with E-state index in [9.17, 15) is 4.79 Å². The average Bonchev–Trinajstić information content (AvgIpc) is 3.28. The number of hydrogen-bond acceptors (Lipinski definition) is 6. The Hall–Kier alpha value is -2.66. The number of guanidine groups is 1. The minimum absolute atomic E-state index is 0.0244. The van der Waals surface area contributed by atoms with Gasteiger partial charge in [-0.25, -0.2) is 14.7 Å². The smallest absolute Gasteiger partial charge is 0.417 e. The van der Waals surface area contributed by atoms with Gasteiger partial charge in [-0.1, -0.05) is 65.1 Å². The lowest BCUT2D eigenvalue weighted by Crippen LogP contribution is -2.44. The van der Waals surface area contributed by atoms with Crippen LogP contribution in [0.2, 0.25) is 0 Å². The minimum atomic E-state index is -0.663. The van der Waals surface area contributed by atoms with E-state index in [1.165, 1.54) is 16.2 Å². The molecule has 1 heterocycles. The Morgan fingerprint density at radius 3 is 2.63 bits per heavy atom. The van der Waals surface area contributed by atoms with Crippen LogP contribution in [-0.2, 0) is 11.3 Å². The molecule has 0 unspecified atom stereocenters. The molecule has 0 saturated carbocycles. The molecule has 35 heavy (non-hydrogen) atoms. The summed E-state index contributed by atoms with van der Waals surface area (Å²) in [5, 5.41) is 2.36. The van der Waals surface area contributed by atoms with Gasteiger partial charge in [0.2, 0.25) is 11.1 Å². The summed E-state index contributed by atoms with van der Waals surface area (Å²) in [7, 11) is 0. The summed E-state index contributed by atoms with van der Waals surface area (Å²) in [6, 6.07) is 17.4. The van der Waals surface area contributed by atoms with Crippen LogP contribution >= 0.6 is 33.9 Å². The molecule has 9 heteroatoms. The highest BCUT2D eigenvalue weighted by Gasteiger charge is 2.25. The molecule has 186 valence electrons. The fourth-order valence-electron chi connectivity index (χ4n) is 3.06. The number of benzene rings is 2. The average molecular weight is 607 g/mol. The zero-order chi connectivity index (χ0) is 25.3. The van der Waals surface area contributed by atoms with Crippen LogP contribution in [-0.4, -0.2) is 38.6 Å². The Bertz CT molecular complexity index is 1130. The number of thiazole rings is 1. The Balaban J connectivity index is 1.78. The number of nitrogens with zero attached hydrogens (tertiary/aromatic N) is 3. The van der Waals surface area contributed by atoms with E-state index in [4.69, 9.17) is 15.2 Å². The Morgan fingerprint density at radius 2 is 1.91 bits per heavy atom. The summed E-state index contributed by atoms with van der Waals surface area (Å²) in [6.07, 6.45) is 1.60. The van der Waals surface area contributed by atoms with E-state index in [1.54, 1.807) is 0 Å². The van der Waals surface area contributed by atoms with Crippen LogP contribution in [0.1, 0.15) is 39.2 Å². The Labute approximate surface area is 224 Å². The van der Waals surface area contributed by atoms with Crippen LogP contribution in [0.4, 0.5) is 9.93 Å². The van der Waals surface area contributed by atoms with Gasteiger partial charge in [0.15, 0.2) is 0 Å². The summed E-state index contributed by atoms with van der Waals surface area (Å²) in [5.74, 6) is 0.837. The number of unbranched alkanes of at least 4 members (excludes halogenated alkanes) is 1. The normalized spacial score (nSPS) is 11.8. The lowest BCUT2D eigenvalue weighted by atomic mass is 10.2. The molecule has 0 aliphatic carbocycles. The third kappa shape index (κ3) is 8.81. The molecule has 0 aliphatic rings. The minimum Gasteiger partial charge on any atom is -0.494 e. The Morgan fingerprint density at radius 1 is 1.14 bits per heavy atom. The summed E-state index contributed by atoms with van der Waals surface area (Å²) in [4.78, 5) is 23.3. The van der Waals surface area contributed by atoms with E-state index in [1.807, 2.05) is 80.7 Å². The molecule has 3 rings (SSSR count). The van der Waals surface area contributed by atoms with Crippen LogP contribution in [0.3, 0.4) is 0 Å². The third-order valence-electron chi connectivity index (χ3n) is 4.70. The molecule has 3 aromatic rings. The topological polar surface area (TPSA) is 90.0 Å². The van der Waals surface area contributed by atoms with Gasteiger partial charge in [-0.15, -0.1) is 11.3 Å². The number of nitrogens with two attached hydrogens (primary N) is 1. The Kier molecular flexibility index (Phi) is 9.91. The number of rotatable bonds is 9. The maximum Gasteiger partial charge on any atom is 0.417 e. The number of halogens is 1. The van der Waals surface area contributed by atoms with E-state index in [0.717, 1.165) is 39.8 Å². The van der Waals surface area contributed by atoms with Crippen molar-refractivity contribution in [1.29, 1.82) is 0 Å². The van der Waals surface area contributed by atoms with Crippen LogP contribution in [0, 0.1) is 0 Å². The van der Waals surface area contributed by atoms with E-state index < -0.39 is 11.7 Å². The second-order valence-corrected chi connectivity index (χ2v) is 10.7. The number of ether oxygens (including phenoxy) is 2. The van der Waals surface area contributed by atoms with Gasteiger partial charge >= 0.3 is 6.09 Å². The molecule has 1 aromatic heterocycles. The van der Waals surface area contributed by atoms with Crippen LogP contribution in [0.15, 0.2) is 65.0 Å². The van der Waals surface area contributed by atoms with E-state index >= 15 is 0 Å². The second-order valence-electron chi connectivity index (χ2n) is 8.81. The van der Waals surface area contributed by atoms with Gasteiger partial charge in [-0.3, -0.25) is 0 Å². The molecule has 0 radical (unpaired) electrons. The first kappa shape index (κ1) is 26.9. The molecule has 2 N–H and O–H groups in total. The van der Waals surface area contributed by atoms with E-state index in [2.05, 4.69) is 32.6 Å². The van der Waals surface area contributed by atoms with E-state index in [-0.39, 0.29) is 12.5 Å². The summed E-state index contributed by atoms with van der Waals surface area (Å²) < 4.78 is 12.6. The molecule has 0 saturated heterocycles. The largest absolute Gasteiger partial charge is 0.494 e. The van der Waals surface area contributed by atoms with Crippen LogP contribution in [0.5, 0.6) is 5.75 Å². The molecule has 2 aromatic carbocycles. The van der Waals surface area contributed by atoms with Crippen LogP contribution < -0.4 is 10.5 Å². The molecule has 0 fully saturated rings. The highest BCUT2D eigenvalue weighted by Crippen LogP contribution is 2.29. The number of aliphatic imine (C=N–C) groups is 1. The zero-order valence-corrected chi connectivity index (χ0v) is 23.2. The number of carbonyl (C=O) groups is 1. The molecular weight excluding hydrogens is 575 g/mol. The van der Waals surface area contributed by atoms with Gasteiger partial charge in [-0.2, -0.15) is 4.99 Å². The highest BCUT2D eigenvalue weighted by molar-refractivity contribution is 14.1. The van der Waals surface area contributed by atoms with Crippen molar-refractivity contribution in [3.63, 3.8) is 0 Å². The fraction of sp³-hybridized carbons (Fsp3) is 0.346. The standard InChI is InChI=1S/C26H31IN4O3S/c1-26(2,3)34-25(32)31(17-19-10-5-4-6-11-19)23(28)30-24-29-22(18-35-24)20-12-9-13-21(16-20)33-15-8-7-14-27/h4-6,9-13,16,18H,7-8,14-15,17H2,1-3H3,(H2,28,29,30). The first-order valence-electron chi connectivity index (χ1n) is 11.4. The number of amides is 1. The molecule has 1 amide bonds. The first-order chi connectivity index (χ1) is 16.7. The van der Waals surface area contributed by atoms with Gasteiger partial charge in [0.05, 0.1) is 18.8 Å². The first-order valence-corrected chi connectivity index (χ1v) is 13.8. The van der Waals surface area contributed by atoms with Gasteiger partial charge < -0.3 is 15.2 Å². The van der Waals surface area contributed by atoms with Gasteiger partial charge in [0.25, 0.3) is 0 Å². The number of alkyl halides is 1. The van der Waals surface area contributed by atoms with Crippen LogP contribution in [0.25, 0.3) is 11.3 Å². The van der Waals surface area contributed by atoms with Crippen molar-refractivity contribution in [2.24, 2.45) is 10.7 Å². The molecular formula is C26H31IN4O3S. The summed E-state index contributed by atoms with van der Waals surface area (Å²) in [5.41, 5.74) is 8.24. The lowest BCUT2D eigenvalue weighted by Gasteiger charge is -2.26.